The minimum Gasteiger partial charge on any atom is -0.339 e. The van der Waals surface area contributed by atoms with Crippen molar-refractivity contribution in [2.75, 3.05) is 5.32 Å². The molecule has 3 aliphatic carbocycles. The van der Waals surface area contributed by atoms with E-state index in [2.05, 4.69) is 30.9 Å². The van der Waals surface area contributed by atoms with Gasteiger partial charge in [0.25, 0.3) is 5.91 Å². The van der Waals surface area contributed by atoms with Crippen LogP contribution >= 0.6 is 0 Å². The van der Waals surface area contributed by atoms with Crippen molar-refractivity contribution in [1.29, 1.82) is 0 Å². The first kappa shape index (κ1) is 24.8. The molecule has 0 radical (unpaired) electrons. The zero-order valence-electron chi connectivity index (χ0n) is 21.8. The van der Waals surface area contributed by atoms with Gasteiger partial charge in [0.05, 0.1) is 5.69 Å². The molecule has 3 aliphatic rings. The van der Waals surface area contributed by atoms with Gasteiger partial charge in [-0.15, -0.1) is 0 Å². The molecule has 3 saturated carbocycles. The minimum atomic E-state index is -0.725. The molecule has 1 atom stereocenters. The van der Waals surface area contributed by atoms with Crippen LogP contribution in [0.5, 0.6) is 0 Å². The number of H-pyrrole nitrogens is 1. The molecule has 3 N–H and O–H groups in total. The summed E-state index contributed by atoms with van der Waals surface area (Å²) in [5, 5.41) is 17.2. The van der Waals surface area contributed by atoms with Crippen LogP contribution in [0.2, 0.25) is 0 Å². The van der Waals surface area contributed by atoms with Crippen molar-refractivity contribution in [2.45, 2.75) is 71.4 Å². The largest absolute Gasteiger partial charge is 0.339 e. The number of aromatic nitrogens is 5. The van der Waals surface area contributed by atoms with E-state index in [0.717, 1.165) is 44.2 Å². The van der Waals surface area contributed by atoms with E-state index in [1.165, 1.54) is 6.42 Å². The molecule has 38 heavy (non-hydrogen) atoms. The maximum Gasteiger partial charge on any atom is 0.270 e. The van der Waals surface area contributed by atoms with E-state index >= 15 is 4.39 Å². The summed E-state index contributed by atoms with van der Waals surface area (Å²) in [7, 11) is 0. The van der Waals surface area contributed by atoms with Crippen molar-refractivity contribution in [3.63, 3.8) is 0 Å². The van der Waals surface area contributed by atoms with Crippen molar-refractivity contribution in [1.82, 2.24) is 30.3 Å². The SMILES string of the molecule is Cc1n[nH]c(C)c1-c1ccc(NC(=O)[C@@H](NC(=O)c2ccnn2CC2CCC2)C(C2CC2)C2CC2)nc1F. The van der Waals surface area contributed by atoms with Crippen molar-refractivity contribution in [2.24, 2.45) is 23.7 Å². The van der Waals surface area contributed by atoms with Gasteiger partial charge in [0.2, 0.25) is 11.9 Å². The van der Waals surface area contributed by atoms with Crippen LogP contribution in [0.4, 0.5) is 10.2 Å². The van der Waals surface area contributed by atoms with Crippen LogP contribution in [0.25, 0.3) is 11.1 Å². The lowest BCUT2D eigenvalue weighted by Gasteiger charge is -2.28. The summed E-state index contributed by atoms with van der Waals surface area (Å²) in [5.74, 6) is 0.213. The Balaban J connectivity index is 1.22. The van der Waals surface area contributed by atoms with Crippen molar-refractivity contribution >= 4 is 17.6 Å². The highest BCUT2D eigenvalue weighted by Crippen LogP contribution is 2.51. The van der Waals surface area contributed by atoms with Gasteiger partial charge in [0, 0.05) is 29.6 Å². The first-order chi connectivity index (χ1) is 18.4. The van der Waals surface area contributed by atoms with Crippen LogP contribution in [0, 0.1) is 43.5 Å². The second kappa shape index (κ2) is 9.96. The van der Waals surface area contributed by atoms with Gasteiger partial charge in [-0.25, -0.2) is 4.98 Å². The van der Waals surface area contributed by atoms with Crippen molar-refractivity contribution in [3.8, 4) is 11.1 Å². The highest BCUT2D eigenvalue weighted by atomic mass is 19.1. The Morgan fingerprint density at radius 2 is 1.84 bits per heavy atom. The van der Waals surface area contributed by atoms with Crippen LogP contribution in [0.15, 0.2) is 24.4 Å². The maximum atomic E-state index is 15.1. The number of nitrogens with one attached hydrogen (secondary N) is 3. The summed E-state index contributed by atoms with van der Waals surface area (Å²) in [6.07, 6.45) is 9.41. The molecular weight excluding hydrogens is 485 g/mol. The number of pyridine rings is 1. The number of halogens is 1. The van der Waals surface area contributed by atoms with Crippen LogP contribution < -0.4 is 10.6 Å². The molecule has 200 valence electrons. The number of rotatable bonds is 10. The van der Waals surface area contributed by atoms with Gasteiger partial charge in [0.15, 0.2) is 0 Å². The third-order valence-electron chi connectivity index (χ3n) is 8.39. The number of carbonyl (C=O) groups excluding carboxylic acids is 2. The standard InChI is InChI=1S/C28H34FN7O2/c1-15-23(16(2)35-34-15)20-10-11-22(31-26(20)29)32-28(38)25(24(18-6-7-18)19-8-9-19)33-27(37)21-12-13-30-36(21)14-17-4-3-5-17/h10-13,17-19,24-25H,3-9,14H2,1-2H3,(H,33,37)(H,34,35)(H,31,32,38)/t25-/m0/s1. The van der Waals surface area contributed by atoms with Crippen LogP contribution in [0.3, 0.4) is 0 Å². The Morgan fingerprint density at radius 3 is 2.42 bits per heavy atom. The van der Waals surface area contributed by atoms with Crippen LogP contribution in [0.1, 0.15) is 66.8 Å². The van der Waals surface area contributed by atoms with Crippen LogP contribution in [-0.2, 0) is 11.3 Å². The molecular formula is C28H34FN7O2. The number of hydrogen-bond donors (Lipinski definition) is 3. The summed E-state index contributed by atoms with van der Waals surface area (Å²) < 4.78 is 16.8. The normalized spacial score (nSPS) is 18.3. The number of anilines is 1. The first-order valence-corrected chi connectivity index (χ1v) is 13.7. The zero-order chi connectivity index (χ0) is 26.4. The Morgan fingerprint density at radius 1 is 1.11 bits per heavy atom. The Labute approximate surface area is 221 Å². The van der Waals surface area contributed by atoms with Crippen LogP contribution in [-0.4, -0.2) is 42.8 Å². The zero-order valence-corrected chi connectivity index (χ0v) is 21.8. The summed E-state index contributed by atoms with van der Waals surface area (Å²) in [4.78, 5) is 31.1. The molecule has 6 rings (SSSR count). The number of aromatic amines is 1. The van der Waals surface area contributed by atoms with Crippen molar-refractivity contribution in [3.05, 3.63) is 47.4 Å². The van der Waals surface area contributed by atoms with Gasteiger partial charge in [-0.2, -0.15) is 14.6 Å². The number of amides is 2. The summed E-state index contributed by atoms with van der Waals surface area (Å²) in [6.45, 7) is 4.34. The molecule has 0 saturated heterocycles. The molecule has 3 aromatic heterocycles. The van der Waals surface area contributed by atoms with Gasteiger partial charge >= 0.3 is 0 Å². The maximum absolute atomic E-state index is 15.1. The molecule has 0 aromatic carbocycles. The lowest BCUT2D eigenvalue weighted by molar-refractivity contribution is -0.119. The molecule has 9 nitrogen and oxygen atoms in total. The molecule has 10 heteroatoms. The molecule has 0 unspecified atom stereocenters. The van der Waals surface area contributed by atoms with Gasteiger partial charge in [-0.1, -0.05) is 6.42 Å². The highest BCUT2D eigenvalue weighted by molar-refractivity contribution is 6.00. The van der Waals surface area contributed by atoms with E-state index < -0.39 is 12.0 Å². The molecule has 0 aliphatic heterocycles. The first-order valence-electron chi connectivity index (χ1n) is 13.7. The average Bonchev–Trinajstić information content (AvgIpc) is 3.79. The van der Waals surface area contributed by atoms with E-state index in [-0.39, 0.29) is 23.6 Å². The van der Waals surface area contributed by atoms with Gasteiger partial charge in [-0.05, 0) is 94.2 Å². The fourth-order valence-electron chi connectivity index (χ4n) is 5.88. The predicted molar refractivity (Wildman–Crippen MR) is 140 cm³/mol. The van der Waals surface area contributed by atoms with E-state index in [0.29, 0.717) is 46.8 Å². The number of carbonyl (C=O) groups is 2. The lowest BCUT2D eigenvalue weighted by Crippen LogP contribution is -2.50. The Hall–Kier alpha value is -3.56. The number of aryl methyl sites for hydroxylation is 2. The van der Waals surface area contributed by atoms with Crippen molar-refractivity contribution < 1.29 is 14.0 Å². The van der Waals surface area contributed by atoms with E-state index in [1.54, 1.807) is 36.0 Å². The summed E-state index contributed by atoms with van der Waals surface area (Å²) in [5.41, 5.74) is 2.88. The molecule has 0 bridgehead atoms. The molecule has 0 spiro atoms. The average molecular weight is 520 g/mol. The summed E-state index contributed by atoms with van der Waals surface area (Å²) in [6, 6.07) is 4.19. The highest BCUT2D eigenvalue weighted by Gasteiger charge is 2.48. The molecule has 2 amide bonds. The van der Waals surface area contributed by atoms with E-state index in [9.17, 15) is 9.59 Å². The minimum absolute atomic E-state index is 0.0577. The smallest absolute Gasteiger partial charge is 0.270 e. The molecule has 3 aromatic rings. The Bertz CT molecular complexity index is 1320. The third-order valence-corrected chi connectivity index (χ3v) is 8.39. The number of hydrogen-bond acceptors (Lipinski definition) is 5. The van der Waals surface area contributed by atoms with Gasteiger partial charge in [-0.3, -0.25) is 19.4 Å². The fourth-order valence-corrected chi connectivity index (χ4v) is 5.88. The lowest BCUT2D eigenvalue weighted by atomic mass is 9.85. The molecule has 3 heterocycles. The predicted octanol–water partition coefficient (Wildman–Crippen LogP) is 4.40. The second-order valence-electron chi connectivity index (χ2n) is 11.2. The molecule has 3 fully saturated rings. The second-order valence-corrected chi connectivity index (χ2v) is 11.2. The quantitative estimate of drug-likeness (QED) is 0.343. The van der Waals surface area contributed by atoms with Gasteiger partial charge < -0.3 is 10.6 Å². The fraction of sp³-hybridized carbons (Fsp3) is 0.536. The van der Waals surface area contributed by atoms with E-state index in [1.807, 2.05) is 6.92 Å². The topological polar surface area (TPSA) is 118 Å². The third kappa shape index (κ3) is 4.96. The number of nitrogens with zero attached hydrogens (tertiary/aromatic N) is 4. The Kier molecular flexibility index (Phi) is 6.49. The van der Waals surface area contributed by atoms with Gasteiger partial charge in [0.1, 0.15) is 17.6 Å². The monoisotopic (exact) mass is 519 g/mol. The summed E-state index contributed by atoms with van der Waals surface area (Å²) >= 11 is 0. The van der Waals surface area contributed by atoms with E-state index in [4.69, 9.17) is 0 Å².